The minimum atomic E-state index is 0. The average molecular weight is 603 g/mol. The first kappa shape index (κ1) is 28.2. The Balaban J connectivity index is 0.00000225. The van der Waals surface area contributed by atoms with Gasteiger partial charge in [0.1, 0.15) is 7.85 Å². The zero-order valence-corrected chi connectivity index (χ0v) is 24.7. The molecular weight excluding hydrogens is 582 g/mol. The second-order valence-electron chi connectivity index (χ2n) is 5.86. The van der Waals surface area contributed by atoms with Crippen molar-refractivity contribution in [3.8, 4) is 0 Å². The maximum atomic E-state index is 7.29. The van der Waals surface area contributed by atoms with Gasteiger partial charge in [-0.15, -0.1) is 0 Å². The van der Waals surface area contributed by atoms with Gasteiger partial charge in [0.05, 0.1) is 0 Å². The molecule has 2 aromatic rings. The molecule has 0 aliphatic carbocycles. The van der Waals surface area contributed by atoms with Crippen molar-refractivity contribution in [1.29, 1.82) is 5.41 Å². The second-order valence-corrected chi connectivity index (χ2v) is 6.87. The van der Waals surface area contributed by atoms with Gasteiger partial charge in [-0.05, 0) is 23.8 Å². The number of thioether (sulfide) groups is 1. The molecule has 1 fully saturated rings. The van der Waals surface area contributed by atoms with E-state index >= 15 is 0 Å². The molecule has 27 heavy (non-hydrogen) atoms. The third kappa shape index (κ3) is 8.48. The normalized spacial score (nSPS) is 13.0. The number of benzene rings is 2. The van der Waals surface area contributed by atoms with Crippen LogP contribution in [0.5, 0.6) is 0 Å². The summed E-state index contributed by atoms with van der Waals surface area (Å²) in [7, 11) is 6.25. The Morgan fingerprint density at radius 1 is 0.963 bits per heavy atom. The Morgan fingerprint density at radius 3 is 2.11 bits per heavy atom. The first-order valence-electron chi connectivity index (χ1n) is 8.03. The minimum absolute atomic E-state index is 0. The molecule has 4 nitrogen and oxygen atoms in total. The summed E-state index contributed by atoms with van der Waals surface area (Å²) in [5.41, 5.74) is 9.66. The van der Waals surface area contributed by atoms with E-state index in [0.717, 1.165) is 42.9 Å². The number of nitrogens with one attached hydrogen (secondary N) is 1. The molecule has 1 aliphatic rings. The second kappa shape index (κ2) is 14.3. The molecule has 1 aliphatic heterocycles. The van der Waals surface area contributed by atoms with Gasteiger partial charge in [0.25, 0.3) is 0 Å². The number of nitrogens with two attached hydrogens (primary N) is 1. The maximum Gasteiger partial charge on any atom is 0.151 e. The van der Waals surface area contributed by atoms with Crippen molar-refractivity contribution in [2.24, 2.45) is 5.73 Å². The standard InChI is InChI=1S/C18H21BN4S.3Y/c19-16-12-14(13-24-18(20)21)6-7-17(16)23-10-8-22(9-11-23)15-4-2-1-3-5-15;;;/h1-7,12H,8-11,13H2,(H3,20,21);;;. The molecule has 0 aromatic heterocycles. The Hall–Kier alpha value is 1.24. The Bertz CT molecular complexity index is 713. The average Bonchev–Trinajstić information content (AvgIpc) is 2.61. The van der Waals surface area contributed by atoms with Crippen LogP contribution in [-0.2, 0) is 104 Å². The van der Waals surface area contributed by atoms with Crippen LogP contribution in [0.1, 0.15) is 5.56 Å². The molecule has 0 atom stereocenters. The largest absolute Gasteiger partial charge is 0.379 e. The number of nitrogens with zero attached hydrogens (tertiary/aromatic N) is 2. The van der Waals surface area contributed by atoms with Gasteiger partial charge in [0.15, 0.2) is 5.17 Å². The van der Waals surface area contributed by atoms with Crippen LogP contribution < -0.4 is 21.0 Å². The summed E-state index contributed by atoms with van der Waals surface area (Å²) < 4.78 is 0. The molecule has 3 rings (SSSR count). The van der Waals surface area contributed by atoms with Crippen LogP contribution in [-0.4, -0.2) is 39.2 Å². The molecule has 0 saturated carbocycles. The zero-order valence-electron chi connectivity index (χ0n) is 15.3. The number of para-hydroxylation sites is 1. The fraction of sp³-hybridized carbons (Fsp3) is 0.278. The molecule has 0 amide bonds. The van der Waals surface area contributed by atoms with E-state index in [1.807, 2.05) is 12.1 Å². The van der Waals surface area contributed by atoms with Gasteiger partial charge in [0.2, 0.25) is 0 Å². The van der Waals surface area contributed by atoms with Gasteiger partial charge < -0.3 is 15.5 Å². The summed E-state index contributed by atoms with van der Waals surface area (Å²) in [6, 6.07) is 16.7. The smallest absolute Gasteiger partial charge is 0.151 e. The van der Waals surface area contributed by atoms with Gasteiger partial charge in [-0.2, -0.15) is 0 Å². The van der Waals surface area contributed by atoms with E-state index in [1.165, 1.54) is 17.4 Å². The van der Waals surface area contributed by atoms with Gasteiger partial charge in [-0.3, -0.25) is 5.41 Å². The summed E-state index contributed by atoms with van der Waals surface area (Å²) in [6.07, 6.45) is 0. The van der Waals surface area contributed by atoms with Crippen LogP contribution in [0.3, 0.4) is 0 Å². The number of hydrogen-bond acceptors (Lipinski definition) is 4. The topological polar surface area (TPSA) is 56.4 Å². The fourth-order valence-corrected chi connectivity index (χ4v) is 3.49. The summed E-state index contributed by atoms with van der Waals surface area (Å²) >= 11 is 1.32. The van der Waals surface area contributed by atoms with Crippen molar-refractivity contribution in [2.75, 3.05) is 36.0 Å². The molecule has 0 bridgehead atoms. The van der Waals surface area contributed by atoms with E-state index in [9.17, 15) is 0 Å². The molecule has 0 spiro atoms. The van der Waals surface area contributed by atoms with Crippen LogP contribution >= 0.6 is 11.8 Å². The molecule has 2 aromatic carbocycles. The van der Waals surface area contributed by atoms with E-state index in [-0.39, 0.29) is 103 Å². The summed E-state index contributed by atoms with van der Waals surface area (Å²) in [5.74, 6) is 0.682. The van der Waals surface area contributed by atoms with E-state index in [0.29, 0.717) is 5.75 Å². The summed E-state index contributed by atoms with van der Waals surface area (Å²) in [5, 5.41) is 7.42. The van der Waals surface area contributed by atoms with Crippen molar-refractivity contribution in [1.82, 2.24) is 0 Å². The predicted octanol–water partition coefficient (Wildman–Crippen LogP) is 1.93. The molecule has 3 N–H and O–H groups in total. The van der Waals surface area contributed by atoms with E-state index in [1.54, 1.807) is 0 Å². The fourth-order valence-electron chi connectivity index (χ4n) is 2.99. The number of hydrogen-bond donors (Lipinski definition) is 2. The van der Waals surface area contributed by atoms with Gasteiger partial charge in [-0.25, -0.2) is 0 Å². The number of rotatable bonds is 4. The first-order chi connectivity index (χ1) is 11.6. The van der Waals surface area contributed by atoms with Crippen molar-refractivity contribution in [3.05, 3.63) is 54.1 Å². The predicted molar refractivity (Wildman–Crippen MR) is 106 cm³/mol. The zero-order chi connectivity index (χ0) is 16.9. The van der Waals surface area contributed by atoms with E-state index in [4.69, 9.17) is 19.0 Å². The quantitative estimate of drug-likeness (QED) is 0.319. The van der Waals surface area contributed by atoms with Crippen LogP contribution in [0.15, 0.2) is 48.5 Å². The van der Waals surface area contributed by atoms with Crippen LogP contribution in [0.4, 0.5) is 11.4 Å². The van der Waals surface area contributed by atoms with Crippen molar-refractivity contribution in [2.45, 2.75) is 5.75 Å². The molecule has 1 heterocycles. The number of piperazine rings is 1. The van der Waals surface area contributed by atoms with Crippen molar-refractivity contribution < 1.29 is 98.1 Å². The van der Waals surface area contributed by atoms with Crippen LogP contribution in [0, 0.1) is 5.41 Å². The molecule has 0 unspecified atom stereocenters. The molecular formula is C18H21BN4SY3. The summed E-state index contributed by atoms with van der Waals surface area (Å²) in [6.45, 7) is 3.90. The monoisotopic (exact) mass is 603 g/mol. The third-order valence-electron chi connectivity index (χ3n) is 4.23. The van der Waals surface area contributed by atoms with Gasteiger partial charge >= 0.3 is 0 Å². The molecule has 5 radical (unpaired) electrons. The molecule has 131 valence electrons. The van der Waals surface area contributed by atoms with Crippen molar-refractivity contribution >= 4 is 41.6 Å². The van der Waals surface area contributed by atoms with Crippen molar-refractivity contribution in [3.63, 3.8) is 0 Å². The molecule has 9 heteroatoms. The Kier molecular flexibility index (Phi) is 14.9. The first-order valence-corrected chi connectivity index (χ1v) is 9.02. The Morgan fingerprint density at radius 2 is 1.56 bits per heavy atom. The minimum Gasteiger partial charge on any atom is -0.379 e. The van der Waals surface area contributed by atoms with E-state index in [2.05, 4.69) is 46.2 Å². The van der Waals surface area contributed by atoms with Crippen LogP contribution in [0.25, 0.3) is 0 Å². The number of amidine groups is 1. The van der Waals surface area contributed by atoms with E-state index < -0.39 is 0 Å². The Labute approximate surface area is 243 Å². The SMILES string of the molecule is [B]c1cc(CSC(=N)N)ccc1N1CCN(c2ccccc2)CC1.[Y].[Y].[Y]. The summed E-state index contributed by atoms with van der Waals surface area (Å²) in [4.78, 5) is 4.75. The van der Waals surface area contributed by atoms with Crippen LogP contribution in [0.2, 0.25) is 0 Å². The third-order valence-corrected chi connectivity index (χ3v) is 5.02. The van der Waals surface area contributed by atoms with Gasteiger partial charge in [0, 0.05) is 141 Å². The van der Waals surface area contributed by atoms with Gasteiger partial charge in [-0.1, -0.05) is 47.6 Å². The number of anilines is 2. The molecule has 1 saturated heterocycles. The maximum absolute atomic E-state index is 7.29.